The highest BCUT2D eigenvalue weighted by atomic mass is 16.5. The summed E-state index contributed by atoms with van der Waals surface area (Å²) in [5.74, 6) is 2.08. The van der Waals surface area contributed by atoms with Crippen molar-refractivity contribution in [1.82, 2.24) is 14.5 Å². The van der Waals surface area contributed by atoms with Crippen LogP contribution in [0.25, 0.3) is 11.0 Å². The van der Waals surface area contributed by atoms with Gasteiger partial charge in [-0.05, 0) is 50.2 Å². The number of fused-ring (bicyclic) bond motifs is 1. The van der Waals surface area contributed by atoms with Gasteiger partial charge in [-0.3, -0.25) is 0 Å². The van der Waals surface area contributed by atoms with E-state index in [0.717, 1.165) is 29.7 Å². The van der Waals surface area contributed by atoms with Gasteiger partial charge in [-0.15, -0.1) is 0 Å². The van der Waals surface area contributed by atoms with Crippen LogP contribution in [0.15, 0.2) is 47.5 Å². The molecule has 0 atom stereocenters. The third-order valence-electron chi connectivity index (χ3n) is 5.48. The van der Waals surface area contributed by atoms with Crippen LogP contribution in [0.1, 0.15) is 24.8 Å². The zero-order chi connectivity index (χ0) is 20.1. The number of benzene rings is 2. The Bertz CT molecular complexity index is 990. The quantitative estimate of drug-likeness (QED) is 0.563. The molecule has 2 aromatic carbocycles. The summed E-state index contributed by atoms with van der Waals surface area (Å²) in [6.45, 7) is 4.27. The second-order valence-corrected chi connectivity index (χ2v) is 7.30. The first-order chi connectivity index (χ1) is 14.3. The van der Waals surface area contributed by atoms with Crippen LogP contribution in [-0.4, -0.2) is 54.5 Å². The number of hydrogen-bond donors (Lipinski definition) is 0. The Kier molecular flexibility index (Phi) is 6.10. The molecule has 2 heterocycles. The number of likely N-dealkylation sites (tertiary alicyclic amines) is 1. The number of hydrogen-bond acceptors (Lipinski definition) is 5. The average molecular weight is 393 g/mol. The Morgan fingerprint density at radius 2 is 1.79 bits per heavy atom. The summed E-state index contributed by atoms with van der Waals surface area (Å²) < 4.78 is 13.1. The monoisotopic (exact) mass is 392 g/mol. The van der Waals surface area contributed by atoms with Crippen LogP contribution in [0.2, 0.25) is 0 Å². The van der Waals surface area contributed by atoms with Crippen molar-refractivity contribution in [2.24, 2.45) is 4.99 Å². The minimum atomic E-state index is 0.676. The van der Waals surface area contributed by atoms with Crippen molar-refractivity contribution in [2.75, 3.05) is 33.9 Å². The van der Waals surface area contributed by atoms with E-state index in [4.69, 9.17) is 19.5 Å². The Labute approximate surface area is 171 Å². The number of nitrogens with zero attached hydrogens (tertiary/aromatic N) is 4. The first-order valence-electron chi connectivity index (χ1n) is 10.2. The Morgan fingerprint density at radius 3 is 2.59 bits per heavy atom. The molecule has 6 nitrogen and oxygen atoms in total. The third-order valence-corrected chi connectivity index (χ3v) is 5.48. The highest BCUT2D eigenvalue weighted by molar-refractivity contribution is 5.87. The molecule has 4 rings (SSSR count). The third kappa shape index (κ3) is 4.27. The topological polar surface area (TPSA) is 51.9 Å². The van der Waals surface area contributed by atoms with Crippen molar-refractivity contribution < 1.29 is 9.47 Å². The Hall–Kier alpha value is -2.86. The molecule has 0 saturated carbocycles. The zero-order valence-corrected chi connectivity index (χ0v) is 17.2. The first kappa shape index (κ1) is 19.5. The van der Waals surface area contributed by atoms with Crippen LogP contribution in [0.4, 0.5) is 5.95 Å². The summed E-state index contributed by atoms with van der Waals surface area (Å²) in [4.78, 5) is 12.0. The van der Waals surface area contributed by atoms with E-state index in [0.29, 0.717) is 17.4 Å². The minimum Gasteiger partial charge on any atom is -0.493 e. The zero-order valence-electron chi connectivity index (χ0n) is 17.2. The normalized spacial score (nSPS) is 15.2. The molecule has 0 radical (unpaired) electrons. The van der Waals surface area contributed by atoms with E-state index in [2.05, 4.69) is 21.6 Å². The van der Waals surface area contributed by atoms with E-state index >= 15 is 0 Å². The maximum Gasteiger partial charge on any atom is 0.230 e. The smallest absolute Gasteiger partial charge is 0.230 e. The van der Waals surface area contributed by atoms with Crippen molar-refractivity contribution in [2.45, 2.75) is 25.8 Å². The molecular formula is C23H28N4O2. The molecule has 1 aliphatic heterocycles. The highest BCUT2D eigenvalue weighted by Gasteiger charge is 2.14. The van der Waals surface area contributed by atoms with Gasteiger partial charge >= 0.3 is 0 Å². The number of ether oxygens (including phenoxy) is 2. The maximum atomic E-state index is 5.52. The van der Waals surface area contributed by atoms with Crippen LogP contribution in [-0.2, 0) is 6.54 Å². The molecule has 0 aliphatic carbocycles. The van der Waals surface area contributed by atoms with Gasteiger partial charge in [-0.2, -0.15) is 0 Å². The molecule has 152 valence electrons. The van der Waals surface area contributed by atoms with Crippen LogP contribution in [0.5, 0.6) is 11.5 Å². The van der Waals surface area contributed by atoms with Gasteiger partial charge in [-0.1, -0.05) is 24.6 Å². The predicted molar refractivity (Wildman–Crippen MR) is 117 cm³/mol. The maximum absolute atomic E-state index is 5.52. The van der Waals surface area contributed by atoms with Crippen molar-refractivity contribution in [1.29, 1.82) is 0 Å². The highest BCUT2D eigenvalue weighted by Crippen LogP contribution is 2.30. The van der Waals surface area contributed by atoms with E-state index in [1.54, 1.807) is 20.4 Å². The van der Waals surface area contributed by atoms with Crippen molar-refractivity contribution in [3.05, 3.63) is 48.0 Å². The fourth-order valence-corrected chi connectivity index (χ4v) is 3.95. The first-order valence-corrected chi connectivity index (χ1v) is 10.2. The lowest BCUT2D eigenvalue weighted by Gasteiger charge is -2.26. The van der Waals surface area contributed by atoms with Gasteiger partial charge < -0.3 is 18.9 Å². The molecule has 6 heteroatoms. The Morgan fingerprint density at radius 1 is 0.966 bits per heavy atom. The van der Waals surface area contributed by atoms with E-state index < -0.39 is 0 Å². The lowest BCUT2D eigenvalue weighted by atomic mass is 10.1. The van der Waals surface area contributed by atoms with E-state index in [-0.39, 0.29) is 0 Å². The van der Waals surface area contributed by atoms with Gasteiger partial charge in [0.05, 0.1) is 25.3 Å². The second kappa shape index (κ2) is 9.09. The van der Waals surface area contributed by atoms with Gasteiger partial charge in [0.25, 0.3) is 0 Å². The molecule has 0 spiro atoms. The minimum absolute atomic E-state index is 0.676. The van der Waals surface area contributed by atoms with Crippen LogP contribution >= 0.6 is 0 Å². The van der Waals surface area contributed by atoms with Crippen LogP contribution in [0.3, 0.4) is 0 Å². The molecule has 29 heavy (non-hydrogen) atoms. The summed E-state index contributed by atoms with van der Waals surface area (Å²) in [7, 11) is 3.28. The summed E-state index contributed by atoms with van der Waals surface area (Å²) in [5.41, 5.74) is 2.95. The number of aromatic nitrogens is 2. The molecule has 0 unspecified atom stereocenters. The molecule has 1 aliphatic rings. The number of para-hydroxylation sites is 3. The lowest BCUT2D eigenvalue weighted by molar-refractivity contribution is 0.222. The van der Waals surface area contributed by atoms with Gasteiger partial charge in [0.1, 0.15) is 0 Å². The average Bonchev–Trinajstić information content (AvgIpc) is 3.14. The molecule has 0 bridgehead atoms. The number of piperidine rings is 1. The van der Waals surface area contributed by atoms with Crippen LogP contribution in [0, 0.1) is 0 Å². The van der Waals surface area contributed by atoms with Gasteiger partial charge in [0.15, 0.2) is 11.5 Å². The summed E-state index contributed by atoms with van der Waals surface area (Å²) >= 11 is 0. The molecule has 0 amide bonds. The van der Waals surface area contributed by atoms with E-state index in [1.165, 1.54) is 32.4 Å². The van der Waals surface area contributed by atoms with Crippen molar-refractivity contribution >= 4 is 23.2 Å². The van der Waals surface area contributed by atoms with Crippen LogP contribution < -0.4 is 9.47 Å². The summed E-state index contributed by atoms with van der Waals surface area (Å²) in [5, 5.41) is 0. The fourth-order valence-electron chi connectivity index (χ4n) is 3.95. The SMILES string of the molecule is COc1cccc(/C=N/c2nc3ccccc3n2CCN2CCCCC2)c1OC. The van der Waals surface area contributed by atoms with Gasteiger partial charge in [0.2, 0.25) is 5.95 Å². The molecule has 1 saturated heterocycles. The fraction of sp³-hybridized carbons (Fsp3) is 0.391. The predicted octanol–water partition coefficient (Wildman–Crippen LogP) is 4.29. The van der Waals surface area contributed by atoms with Crippen molar-refractivity contribution in [3.8, 4) is 11.5 Å². The molecule has 1 fully saturated rings. The van der Waals surface area contributed by atoms with E-state index in [1.807, 2.05) is 30.3 Å². The van der Waals surface area contributed by atoms with Crippen molar-refractivity contribution in [3.63, 3.8) is 0 Å². The standard InChI is InChI=1S/C23H28N4O2/c1-28-21-12-8-9-18(22(21)29-2)17-24-23-25-19-10-4-5-11-20(19)27(23)16-15-26-13-6-3-7-14-26/h4-5,8-12,17H,3,6-7,13-16H2,1-2H3/b24-17+. The molecule has 0 N–H and O–H groups in total. The lowest BCUT2D eigenvalue weighted by Crippen LogP contribution is -2.32. The second-order valence-electron chi connectivity index (χ2n) is 7.30. The van der Waals surface area contributed by atoms with Gasteiger partial charge in [-0.25, -0.2) is 9.98 Å². The Balaban J connectivity index is 1.64. The number of methoxy groups -OCH3 is 2. The van der Waals surface area contributed by atoms with E-state index in [9.17, 15) is 0 Å². The molecule has 3 aromatic rings. The van der Waals surface area contributed by atoms with Gasteiger partial charge in [0, 0.05) is 24.9 Å². The number of aliphatic imine (C=N–C) groups is 1. The number of imidazole rings is 1. The molecular weight excluding hydrogens is 364 g/mol. The summed E-state index contributed by atoms with van der Waals surface area (Å²) in [6, 6.07) is 14.0. The summed E-state index contributed by atoms with van der Waals surface area (Å²) in [6.07, 6.45) is 5.75. The number of rotatable bonds is 7. The largest absolute Gasteiger partial charge is 0.493 e. The molecule has 1 aromatic heterocycles.